The lowest BCUT2D eigenvalue weighted by atomic mass is 9.86. The summed E-state index contributed by atoms with van der Waals surface area (Å²) in [5, 5.41) is 5.18. The van der Waals surface area contributed by atoms with Gasteiger partial charge in [-0.25, -0.2) is 0 Å². The molecule has 104 valence electrons. The molecular formula is C20H14BBr. The Hall–Kier alpha value is -2.06. The third-order valence-electron chi connectivity index (χ3n) is 4.30. The Morgan fingerprint density at radius 2 is 1.05 bits per heavy atom. The van der Waals surface area contributed by atoms with E-state index in [9.17, 15) is 0 Å². The molecule has 0 heterocycles. The Labute approximate surface area is 139 Å². The molecule has 0 saturated carbocycles. The molecule has 0 bridgehead atoms. The molecule has 22 heavy (non-hydrogen) atoms. The van der Waals surface area contributed by atoms with Gasteiger partial charge in [-0.1, -0.05) is 88.1 Å². The third kappa shape index (κ3) is 2.07. The zero-order valence-electron chi connectivity index (χ0n) is 12.3. The van der Waals surface area contributed by atoms with Crippen LogP contribution in [-0.4, -0.2) is 7.85 Å². The van der Waals surface area contributed by atoms with E-state index in [1.54, 1.807) is 0 Å². The first-order chi connectivity index (χ1) is 10.8. The van der Waals surface area contributed by atoms with Crippen LogP contribution in [0.1, 0.15) is 0 Å². The van der Waals surface area contributed by atoms with Crippen molar-refractivity contribution in [1.29, 1.82) is 0 Å². The summed E-state index contributed by atoms with van der Waals surface area (Å²) >= 11 is 3.66. The summed E-state index contributed by atoms with van der Waals surface area (Å²) in [7, 11) is 2.17. The summed E-state index contributed by atoms with van der Waals surface area (Å²) in [5.41, 5.74) is 3.90. The summed E-state index contributed by atoms with van der Waals surface area (Å²) in [5.74, 6) is 0. The average Bonchev–Trinajstić information content (AvgIpc) is 2.57. The lowest BCUT2D eigenvalue weighted by molar-refractivity contribution is 1.67. The third-order valence-corrected chi connectivity index (χ3v) is 4.99. The number of halogens is 1. The summed E-state index contributed by atoms with van der Waals surface area (Å²) < 4.78 is 1.14. The predicted molar refractivity (Wildman–Crippen MR) is 103 cm³/mol. The van der Waals surface area contributed by atoms with Gasteiger partial charge in [-0.05, 0) is 38.7 Å². The normalized spacial score (nSPS) is 11.1. The van der Waals surface area contributed by atoms with Crippen molar-refractivity contribution in [2.24, 2.45) is 0 Å². The van der Waals surface area contributed by atoms with E-state index in [-0.39, 0.29) is 0 Å². The molecular weight excluding hydrogens is 331 g/mol. The molecule has 0 N–H and O–H groups in total. The van der Waals surface area contributed by atoms with Crippen LogP contribution in [0.5, 0.6) is 0 Å². The quantitative estimate of drug-likeness (QED) is 0.440. The minimum atomic E-state index is 1.14. The molecule has 0 fully saturated rings. The monoisotopic (exact) mass is 344 g/mol. The van der Waals surface area contributed by atoms with E-state index in [0.717, 1.165) is 4.47 Å². The highest BCUT2D eigenvalue weighted by Gasteiger charge is 2.10. The molecule has 0 aliphatic rings. The fraction of sp³-hybridized carbons (Fsp3) is 0. The Morgan fingerprint density at radius 1 is 0.545 bits per heavy atom. The van der Waals surface area contributed by atoms with Gasteiger partial charge in [0.2, 0.25) is 0 Å². The van der Waals surface area contributed by atoms with Crippen molar-refractivity contribution >= 4 is 50.8 Å². The van der Waals surface area contributed by atoms with Crippen LogP contribution < -0.4 is 5.46 Å². The van der Waals surface area contributed by atoms with Crippen molar-refractivity contribution < 1.29 is 0 Å². The van der Waals surface area contributed by atoms with E-state index in [1.165, 1.54) is 38.1 Å². The lowest BCUT2D eigenvalue weighted by Crippen LogP contribution is -2.03. The van der Waals surface area contributed by atoms with E-state index >= 15 is 0 Å². The zero-order chi connectivity index (χ0) is 15.1. The minimum absolute atomic E-state index is 1.14. The molecule has 0 saturated heterocycles. The molecule has 0 radical (unpaired) electrons. The van der Waals surface area contributed by atoms with Crippen LogP contribution in [0, 0.1) is 0 Å². The standard InChI is InChI=1S/C20H14BBr/c21-19-11-9-15(13-5-1-3-7-17(13)19)16-10-12-20(22)18-8-4-2-6-14(16)18/h1-12H,21H2. The smallest absolute Gasteiger partial charge is 0.0812 e. The van der Waals surface area contributed by atoms with Crippen LogP contribution in [0.3, 0.4) is 0 Å². The van der Waals surface area contributed by atoms with Gasteiger partial charge in [0.1, 0.15) is 7.85 Å². The van der Waals surface area contributed by atoms with Gasteiger partial charge < -0.3 is 0 Å². The largest absolute Gasteiger partial charge is 0.140 e. The number of rotatable bonds is 1. The fourth-order valence-electron chi connectivity index (χ4n) is 3.18. The Morgan fingerprint density at radius 3 is 1.73 bits per heavy atom. The minimum Gasteiger partial charge on any atom is -0.0812 e. The summed E-state index contributed by atoms with van der Waals surface area (Å²) in [6, 6.07) is 26.0. The second-order valence-corrected chi connectivity index (χ2v) is 6.47. The maximum Gasteiger partial charge on any atom is 0.140 e. The van der Waals surface area contributed by atoms with E-state index in [0.29, 0.717) is 0 Å². The molecule has 0 nitrogen and oxygen atoms in total. The molecule has 4 rings (SSSR count). The van der Waals surface area contributed by atoms with E-state index in [2.05, 4.69) is 96.6 Å². The maximum atomic E-state index is 3.66. The molecule has 0 amide bonds. The van der Waals surface area contributed by atoms with Gasteiger partial charge in [0.15, 0.2) is 0 Å². The van der Waals surface area contributed by atoms with Gasteiger partial charge in [-0.3, -0.25) is 0 Å². The molecule has 0 spiro atoms. The number of hydrogen-bond acceptors (Lipinski definition) is 0. The Balaban J connectivity index is 2.13. The van der Waals surface area contributed by atoms with Gasteiger partial charge in [0.25, 0.3) is 0 Å². The molecule has 4 aromatic rings. The maximum absolute atomic E-state index is 3.66. The second-order valence-electron chi connectivity index (χ2n) is 5.62. The van der Waals surface area contributed by atoms with E-state index < -0.39 is 0 Å². The Kier molecular flexibility index (Phi) is 3.27. The van der Waals surface area contributed by atoms with Crippen molar-refractivity contribution in [3.05, 3.63) is 77.3 Å². The van der Waals surface area contributed by atoms with Gasteiger partial charge in [-0.2, -0.15) is 0 Å². The van der Waals surface area contributed by atoms with Crippen molar-refractivity contribution in [3.63, 3.8) is 0 Å². The van der Waals surface area contributed by atoms with E-state index in [1.807, 2.05) is 0 Å². The van der Waals surface area contributed by atoms with Crippen LogP contribution in [0.15, 0.2) is 77.3 Å². The number of benzene rings is 4. The number of fused-ring (bicyclic) bond motifs is 2. The number of hydrogen-bond donors (Lipinski definition) is 0. The van der Waals surface area contributed by atoms with Gasteiger partial charge in [0.05, 0.1) is 0 Å². The van der Waals surface area contributed by atoms with Crippen LogP contribution in [0.25, 0.3) is 32.7 Å². The molecule has 2 heteroatoms. The fourth-order valence-corrected chi connectivity index (χ4v) is 3.66. The first kappa shape index (κ1) is 13.6. The topological polar surface area (TPSA) is 0 Å². The highest BCUT2D eigenvalue weighted by molar-refractivity contribution is 9.10. The van der Waals surface area contributed by atoms with Crippen molar-refractivity contribution in [3.8, 4) is 11.1 Å². The SMILES string of the molecule is Bc1ccc(-c2ccc(Br)c3ccccc23)c2ccccc12. The van der Waals surface area contributed by atoms with Crippen molar-refractivity contribution in [1.82, 2.24) is 0 Å². The average molecular weight is 345 g/mol. The molecule has 0 aliphatic heterocycles. The van der Waals surface area contributed by atoms with Crippen molar-refractivity contribution in [2.45, 2.75) is 0 Å². The van der Waals surface area contributed by atoms with Crippen LogP contribution in [0.4, 0.5) is 0 Å². The first-order valence-corrected chi connectivity index (χ1v) is 8.21. The second kappa shape index (κ2) is 5.29. The highest BCUT2D eigenvalue weighted by atomic mass is 79.9. The van der Waals surface area contributed by atoms with E-state index in [4.69, 9.17) is 0 Å². The van der Waals surface area contributed by atoms with Crippen molar-refractivity contribution in [2.75, 3.05) is 0 Å². The molecule has 0 atom stereocenters. The van der Waals surface area contributed by atoms with Gasteiger partial charge in [-0.15, -0.1) is 0 Å². The van der Waals surface area contributed by atoms with Gasteiger partial charge in [0, 0.05) is 4.47 Å². The predicted octanol–water partition coefficient (Wildman–Crippen LogP) is 4.68. The molecule has 0 aliphatic carbocycles. The highest BCUT2D eigenvalue weighted by Crippen LogP contribution is 2.36. The Bertz CT molecular complexity index is 922. The lowest BCUT2D eigenvalue weighted by Gasteiger charge is -2.13. The molecule has 0 aromatic heterocycles. The summed E-state index contributed by atoms with van der Waals surface area (Å²) in [4.78, 5) is 0. The molecule has 4 aromatic carbocycles. The van der Waals surface area contributed by atoms with Crippen LogP contribution in [0.2, 0.25) is 0 Å². The molecule has 0 unspecified atom stereocenters. The van der Waals surface area contributed by atoms with Gasteiger partial charge >= 0.3 is 0 Å². The summed E-state index contributed by atoms with van der Waals surface area (Å²) in [6.45, 7) is 0. The van der Waals surface area contributed by atoms with Crippen LogP contribution >= 0.6 is 15.9 Å². The van der Waals surface area contributed by atoms with Crippen LogP contribution in [-0.2, 0) is 0 Å². The zero-order valence-corrected chi connectivity index (χ0v) is 13.9. The summed E-state index contributed by atoms with van der Waals surface area (Å²) in [6.07, 6.45) is 0. The first-order valence-electron chi connectivity index (χ1n) is 7.42.